The molecule has 3 aromatic carbocycles. The van der Waals surface area contributed by atoms with Crippen LogP contribution >= 0.6 is 0 Å². The van der Waals surface area contributed by atoms with E-state index in [0.29, 0.717) is 0 Å². The van der Waals surface area contributed by atoms with Gasteiger partial charge in [-0.2, -0.15) is 21.6 Å². The fourth-order valence-corrected chi connectivity index (χ4v) is 4.57. The van der Waals surface area contributed by atoms with Crippen LogP contribution in [-0.2, 0) is 53.1 Å². The zero-order valence-electron chi connectivity index (χ0n) is 21.2. The Balaban J connectivity index is 1.61. The van der Waals surface area contributed by atoms with E-state index in [4.69, 9.17) is 18.9 Å². The summed E-state index contributed by atoms with van der Waals surface area (Å²) in [7, 11) is -5.93. The van der Waals surface area contributed by atoms with Gasteiger partial charge in [0.05, 0.1) is 26.4 Å². The summed E-state index contributed by atoms with van der Waals surface area (Å²) in [6.07, 6.45) is -6.55. The average Bonchev–Trinajstić information content (AvgIpc) is 2.95. The van der Waals surface area contributed by atoms with Gasteiger partial charge < -0.3 is 24.1 Å². The van der Waals surface area contributed by atoms with Gasteiger partial charge in [0.2, 0.25) is 0 Å². The van der Waals surface area contributed by atoms with Gasteiger partial charge in [0.15, 0.2) is 6.29 Å². The third kappa shape index (κ3) is 8.10. The minimum absolute atomic E-state index is 0.00984. The average molecular weight is 583 g/mol. The molecular weight excluding hydrogens is 553 g/mol. The summed E-state index contributed by atoms with van der Waals surface area (Å²) < 4.78 is 90.2. The smallest absolute Gasteiger partial charge is 0.368 e. The SMILES string of the molecule is O=S(=O)(OC[C@H]1O[C@@H](O)[C@H](OCc2ccccc2)[C@@H](OCc2ccccc2)[C@H]1OCc1ccccc1)C(F)(F)F. The molecule has 1 saturated heterocycles. The number of aliphatic hydroxyl groups is 1. The molecule has 40 heavy (non-hydrogen) atoms. The number of alkyl halides is 3. The molecule has 5 atom stereocenters. The molecule has 1 fully saturated rings. The van der Waals surface area contributed by atoms with E-state index < -0.39 is 52.9 Å². The standard InChI is InChI=1S/C28H29F3O8S/c29-28(30,31)40(33,34)38-19-23-24(35-16-20-10-4-1-5-11-20)25(36-17-21-12-6-2-7-13-21)26(27(32)39-23)37-18-22-14-8-3-9-15-22/h1-15,23-27,32H,16-19H2/t23-,24+,25+,26-,27-/m1/s1. The highest BCUT2D eigenvalue weighted by molar-refractivity contribution is 7.87. The third-order valence-electron chi connectivity index (χ3n) is 6.14. The van der Waals surface area contributed by atoms with E-state index in [2.05, 4.69) is 4.18 Å². The van der Waals surface area contributed by atoms with E-state index in [1.807, 2.05) is 60.7 Å². The molecule has 0 amide bonds. The van der Waals surface area contributed by atoms with Crippen molar-refractivity contribution in [2.45, 2.75) is 56.0 Å². The Morgan fingerprint density at radius 2 is 1.07 bits per heavy atom. The molecule has 0 radical (unpaired) electrons. The second kappa shape index (κ2) is 13.7. The highest BCUT2D eigenvalue weighted by Crippen LogP contribution is 2.31. The molecule has 3 aromatic rings. The zero-order valence-corrected chi connectivity index (χ0v) is 22.0. The van der Waals surface area contributed by atoms with Crippen LogP contribution in [0.25, 0.3) is 0 Å². The van der Waals surface area contributed by atoms with Crippen molar-refractivity contribution in [2.75, 3.05) is 6.61 Å². The monoisotopic (exact) mass is 582 g/mol. The molecule has 0 saturated carbocycles. The second-order valence-corrected chi connectivity index (χ2v) is 10.6. The van der Waals surface area contributed by atoms with Crippen LogP contribution in [0.5, 0.6) is 0 Å². The molecule has 1 aliphatic heterocycles. The minimum Gasteiger partial charge on any atom is -0.368 e. The Morgan fingerprint density at radius 3 is 1.50 bits per heavy atom. The Bertz CT molecular complexity index is 1280. The summed E-state index contributed by atoms with van der Waals surface area (Å²) in [5.41, 5.74) is -3.33. The van der Waals surface area contributed by atoms with Gasteiger partial charge in [0.25, 0.3) is 0 Å². The first-order chi connectivity index (χ1) is 19.1. The van der Waals surface area contributed by atoms with Crippen molar-refractivity contribution in [1.29, 1.82) is 0 Å². The van der Waals surface area contributed by atoms with Gasteiger partial charge >= 0.3 is 15.6 Å². The minimum atomic E-state index is -5.93. The van der Waals surface area contributed by atoms with Crippen LogP contribution < -0.4 is 0 Å². The third-order valence-corrected chi connectivity index (χ3v) is 7.15. The summed E-state index contributed by atoms with van der Waals surface area (Å²) >= 11 is 0. The van der Waals surface area contributed by atoms with Crippen molar-refractivity contribution in [3.05, 3.63) is 108 Å². The lowest BCUT2D eigenvalue weighted by molar-refractivity contribution is -0.314. The second-order valence-electron chi connectivity index (χ2n) is 9.03. The number of ether oxygens (including phenoxy) is 4. The number of benzene rings is 3. The number of halogens is 3. The highest BCUT2D eigenvalue weighted by Gasteiger charge is 2.51. The van der Waals surface area contributed by atoms with E-state index in [1.165, 1.54) is 0 Å². The molecule has 0 spiro atoms. The number of aliphatic hydroxyl groups excluding tert-OH is 1. The molecule has 0 unspecified atom stereocenters. The van der Waals surface area contributed by atoms with Crippen LogP contribution in [0.1, 0.15) is 16.7 Å². The zero-order chi connectivity index (χ0) is 28.6. The molecule has 1 N–H and O–H groups in total. The molecule has 12 heteroatoms. The number of rotatable bonds is 12. The van der Waals surface area contributed by atoms with E-state index in [9.17, 15) is 26.7 Å². The van der Waals surface area contributed by atoms with E-state index in [1.54, 1.807) is 30.3 Å². The fourth-order valence-electron chi connectivity index (χ4n) is 4.12. The van der Waals surface area contributed by atoms with Crippen molar-refractivity contribution in [1.82, 2.24) is 0 Å². The fraction of sp³-hybridized carbons (Fsp3) is 0.357. The summed E-state index contributed by atoms with van der Waals surface area (Å²) in [6, 6.07) is 27.1. The molecule has 1 heterocycles. The quantitative estimate of drug-likeness (QED) is 0.249. The molecule has 0 aromatic heterocycles. The molecule has 0 aliphatic carbocycles. The first kappa shape index (κ1) is 30.1. The predicted molar refractivity (Wildman–Crippen MR) is 137 cm³/mol. The molecule has 216 valence electrons. The Morgan fingerprint density at radius 1 is 0.675 bits per heavy atom. The van der Waals surface area contributed by atoms with Gasteiger partial charge in [-0.1, -0.05) is 91.0 Å². The van der Waals surface area contributed by atoms with Crippen molar-refractivity contribution in [3.63, 3.8) is 0 Å². The van der Waals surface area contributed by atoms with Gasteiger partial charge in [-0.3, -0.25) is 4.18 Å². The first-order valence-corrected chi connectivity index (χ1v) is 13.8. The molecule has 0 bridgehead atoms. The highest BCUT2D eigenvalue weighted by atomic mass is 32.2. The van der Waals surface area contributed by atoms with Crippen LogP contribution in [0, 0.1) is 0 Å². The van der Waals surface area contributed by atoms with E-state index in [-0.39, 0.29) is 19.8 Å². The number of hydrogen-bond acceptors (Lipinski definition) is 8. The maximum atomic E-state index is 13.0. The molecular formula is C28H29F3O8S. The van der Waals surface area contributed by atoms with Gasteiger partial charge in [0.1, 0.15) is 24.4 Å². The summed E-state index contributed by atoms with van der Waals surface area (Å²) in [4.78, 5) is 0. The topological polar surface area (TPSA) is 101 Å². The summed E-state index contributed by atoms with van der Waals surface area (Å²) in [5.74, 6) is 0. The molecule has 4 rings (SSSR count). The lowest BCUT2D eigenvalue weighted by Gasteiger charge is -2.44. The van der Waals surface area contributed by atoms with Crippen LogP contribution in [0.4, 0.5) is 13.2 Å². The van der Waals surface area contributed by atoms with E-state index in [0.717, 1.165) is 16.7 Å². The summed E-state index contributed by atoms with van der Waals surface area (Å²) in [5, 5.41) is 10.9. The van der Waals surface area contributed by atoms with Crippen LogP contribution in [0.3, 0.4) is 0 Å². The van der Waals surface area contributed by atoms with E-state index >= 15 is 0 Å². The van der Waals surface area contributed by atoms with Crippen LogP contribution in [0.15, 0.2) is 91.0 Å². The Kier molecular flexibility index (Phi) is 10.3. The predicted octanol–water partition coefficient (Wildman–Crippen LogP) is 4.33. The van der Waals surface area contributed by atoms with Crippen LogP contribution in [0.2, 0.25) is 0 Å². The molecule has 1 aliphatic rings. The Hall–Kier alpha value is -2.84. The van der Waals surface area contributed by atoms with Crippen molar-refractivity contribution >= 4 is 10.1 Å². The van der Waals surface area contributed by atoms with Gasteiger partial charge in [0, 0.05) is 0 Å². The first-order valence-electron chi connectivity index (χ1n) is 12.4. The van der Waals surface area contributed by atoms with Gasteiger partial charge in [-0.25, -0.2) is 0 Å². The van der Waals surface area contributed by atoms with Crippen molar-refractivity contribution in [2.24, 2.45) is 0 Å². The lowest BCUT2D eigenvalue weighted by Crippen LogP contribution is -2.61. The Labute approximate surface area is 230 Å². The van der Waals surface area contributed by atoms with Crippen molar-refractivity contribution in [3.8, 4) is 0 Å². The number of hydrogen-bond donors (Lipinski definition) is 1. The summed E-state index contributed by atoms with van der Waals surface area (Å²) in [6.45, 7) is -0.978. The van der Waals surface area contributed by atoms with Crippen LogP contribution in [-0.4, -0.2) is 56.3 Å². The molecule has 8 nitrogen and oxygen atoms in total. The maximum Gasteiger partial charge on any atom is 0.523 e. The largest absolute Gasteiger partial charge is 0.523 e. The van der Waals surface area contributed by atoms with Gasteiger partial charge in [-0.15, -0.1) is 0 Å². The van der Waals surface area contributed by atoms with Gasteiger partial charge in [-0.05, 0) is 16.7 Å². The normalized spacial score (nSPS) is 23.6. The maximum absolute atomic E-state index is 13.0. The van der Waals surface area contributed by atoms with Crippen molar-refractivity contribution < 1.29 is 49.8 Å². The lowest BCUT2D eigenvalue weighted by atomic mass is 9.98.